The highest BCUT2D eigenvalue weighted by molar-refractivity contribution is 5.97. The number of nitrogens with zero attached hydrogens (tertiary/aromatic N) is 2. The molecule has 1 fully saturated rings. The lowest BCUT2D eigenvalue weighted by Gasteiger charge is -2.34. The molecular formula is C24H27F2N3O2. The Hall–Kier alpha value is -2.80. The molecule has 0 bridgehead atoms. The van der Waals surface area contributed by atoms with E-state index in [9.17, 15) is 13.6 Å². The van der Waals surface area contributed by atoms with Crippen LogP contribution >= 0.6 is 0 Å². The quantitative estimate of drug-likeness (QED) is 0.637. The minimum Gasteiger partial charge on any atom is -0.381 e. The summed E-state index contributed by atoms with van der Waals surface area (Å²) in [5.74, 6) is -1.50. The van der Waals surface area contributed by atoms with Gasteiger partial charge in [-0.05, 0) is 56.9 Å². The minimum absolute atomic E-state index is 0.0374. The largest absolute Gasteiger partial charge is 0.381 e. The summed E-state index contributed by atoms with van der Waals surface area (Å²) < 4.78 is 36.2. The number of pyridine rings is 1. The van der Waals surface area contributed by atoms with Gasteiger partial charge in [-0.1, -0.05) is 19.9 Å². The van der Waals surface area contributed by atoms with Crippen LogP contribution in [-0.4, -0.2) is 34.3 Å². The van der Waals surface area contributed by atoms with Gasteiger partial charge in [-0.3, -0.25) is 4.79 Å². The number of ether oxygens (including phenoxy) is 1. The van der Waals surface area contributed by atoms with E-state index >= 15 is 0 Å². The van der Waals surface area contributed by atoms with Gasteiger partial charge in [0.2, 0.25) is 0 Å². The zero-order valence-electron chi connectivity index (χ0n) is 18.3. The van der Waals surface area contributed by atoms with E-state index in [2.05, 4.69) is 10.4 Å². The third kappa shape index (κ3) is 3.83. The highest BCUT2D eigenvalue weighted by Crippen LogP contribution is 2.35. The van der Waals surface area contributed by atoms with Crippen LogP contribution in [0.25, 0.3) is 16.6 Å². The molecule has 3 heterocycles. The van der Waals surface area contributed by atoms with Crippen LogP contribution in [0, 0.1) is 18.6 Å². The topological polar surface area (TPSA) is 55.6 Å². The molecule has 7 heteroatoms. The Morgan fingerprint density at radius 1 is 1.13 bits per heavy atom. The van der Waals surface area contributed by atoms with Crippen molar-refractivity contribution in [1.82, 2.24) is 14.9 Å². The van der Waals surface area contributed by atoms with E-state index in [1.807, 2.05) is 20.8 Å². The van der Waals surface area contributed by atoms with E-state index in [1.54, 1.807) is 23.6 Å². The average Bonchev–Trinajstić information content (AvgIpc) is 3.03. The highest BCUT2D eigenvalue weighted by atomic mass is 19.1. The number of amides is 1. The molecule has 4 rings (SSSR count). The summed E-state index contributed by atoms with van der Waals surface area (Å²) in [7, 11) is 0. The van der Waals surface area contributed by atoms with Crippen molar-refractivity contribution in [2.75, 3.05) is 13.2 Å². The standard InChI is InChI=1S/C24H27F2N3O2/c1-14(2)22-16(23(30)27-24(4)10-12-31-13-11-24)8-9-19-20(15(3)28-29(19)22)21-17(25)6-5-7-18(21)26/h5-9,14H,10-13H2,1-4H3,(H,27,30). The van der Waals surface area contributed by atoms with Gasteiger partial charge in [0.25, 0.3) is 5.91 Å². The summed E-state index contributed by atoms with van der Waals surface area (Å²) in [5.41, 5.74) is 2.26. The molecule has 0 unspecified atom stereocenters. The molecule has 0 aliphatic carbocycles. The van der Waals surface area contributed by atoms with Gasteiger partial charge in [0.05, 0.1) is 28.0 Å². The van der Waals surface area contributed by atoms with E-state index in [0.717, 1.165) is 12.8 Å². The van der Waals surface area contributed by atoms with Crippen molar-refractivity contribution < 1.29 is 18.3 Å². The van der Waals surface area contributed by atoms with E-state index < -0.39 is 11.6 Å². The molecule has 3 aromatic rings. The molecular weight excluding hydrogens is 400 g/mol. The molecule has 5 nitrogen and oxygen atoms in total. The third-order valence-corrected chi connectivity index (χ3v) is 6.02. The number of benzene rings is 1. The first-order valence-corrected chi connectivity index (χ1v) is 10.6. The summed E-state index contributed by atoms with van der Waals surface area (Å²) in [6.07, 6.45) is 1.49. The molecule has 2 aromatic heterocycles. The van der Waals surface area contributed by atoms with Crippen LogP contribution in [0.1, 0.15) is 61.3 Å². The van der Waals surface area contributed by atoms with Crippen LogP contribution in [0.3, 0.4) is 0 Å². The van der Waals surface area contributed by atoms with Gasteiger partial charge in [-0.15, -0.1) is 0 Å². The molecule has 31 heavy (non-hydrogen) atoms. The number of carbonyl (C=O) groups is 1. The van der Waals surface area contributed by atoms with Crippen molar-refractivity contribution in [3.05, 3.63) is 58.9 Å². The summed E-state index contributed by atoms with van der Waals surface area (Å²) in [5, 5.41) is 7.75. The Morgan fingerprint density at radius 3 is 2.39 bits per heavy atom. The normalized spacial score (nSPS) is 16.1. The fourth-order valence-corrected chi connectivity index (χ4v) is 4.33. The monoisotopic (exact) mass is 427 g/mol. The van der Waals surface area contributed by atoms with Crippen molar-refractivity contribution >= 4 is 11.4 Å². The van der Waals surface area contributed by atoms with Gasteiger partial charge >= 0.3 is 0 Å². The van der Waals surface area contributed by atoms with Crippen LogP contribution in [0.15, 0.2) is 30.3 Å². The average molecular weight is 427 g/mol. The van der Waals surface area contributed by atoms with Gasteiger partial charge in [0.15, 0.2) is 0 Å². The first kappa shape index (κ1) is 21.4. The molecule has 1 saturated heterocycles. The molecule has 1 aromatic carbocycles. The Bertz CT molecular complexity index is 1130. The van der Waals surface area contributed by atoms with Crippen molar-refractivity contribution in [1.29, 1.82) is 0 Å². The van der Waals surface area contributed by atoms with Crippen LogP contribution < -0.4 is 5.32 Å². The van der Waals surface area contributed by atoms with Gasteiger partial charge in [-0.25, -0.2) is 13.3 Å². The lowest BCUT2D eigenvalue weighted by Crippen LogP contribution is -2.49. The number of carbonyl (C=O) groups excluding carboxylic acids is 1. The van der Waals surface area contributed by atoms with Gasteiger partial charge in [-0.2, -0.15) is 5.10 Å². The van der Waals surface area contributed by atoms with Crippen molar-refractivity contribution in [2.24, 2.45) is 0 Å². The fourth-order valence-electron chi connectivity index (χ4n) is 4.33. The fraction of sp³-hybridized carbons (Fsp3) is 0.417. The van der Waals surface area contributed by atoms with E-state index in [1.165, 1.54) is 18.2 Å². The molecule has 0 atom stereocenters. The second-order valence-corrected chi connectivity index (χ2v) is 8.77. The van der Waals surface area contributed by atoms with E-state index in [0.29, 0.717) is 41.2 Å². The van der Waals surface area contributed by atoms with E-state index in [4.69, 9.17) is 4.74 Å². The summed E-state index contributed by atoms with van der Waals surface area (Å²) >= 11 is 0. The second-order valence-electron chi connectivity index (χ2n) is 8.77. The van der Waals surface area contributed by atoms with Crippen LogP contribution in [0.5, 0.6) is 0 Å². The van der Waals surface area contributed by atoms with Crippen molar-refractivity contribution in [2.45, 2.75) is 52.0 Å². The lowest BCUT2D eigenvalue weighted by molar-refractivity contribution is 0.0422. The highest BCUT2D eigenvalue weighted by Gasteiger charge is 2.31. The number of rotatable bonds is 4. The zero-order chi connectivity index (χ0) is 22.3. The predicted molar refractivity (Wildman–Crippen MR) is 115 cm³/mol. The number of halogens is 2. The molecule has 0 spiro atoms. The summed E-state index contributed by atoms with van der Waals surface area (Å²) in [6, 6.07) is 7.26. The minimum atomic E-state index is -0.640. The Balaban J connectivity index is 1.85. The Labute approximate surface area is 180 Å². The third-order valence-electron chi connectivity index (χ3n) is 6.02. The SMILES string of the molecule is Cc1nn2c(C(C)C)c(C(=O)NC3(C)CCOCC3)ccc2c1-c1c(F)cccc1F. The predicted octanol–water partition coefficient (Wildman–Crippen LogP) is 5.01. The van der Waals surface area contributed by atoms with E-state index in [-0.39, 0.29) is 22.9 Å². The first-order valence-electron chi connectivity index (χ1n) is 10.6. The molecule has 0 radical (unpaired) electrons. The molecule has 0 saturated carbocycles. The molecule has 1 N–H and O–H groups in total. The number of fused-ring (bicyclic) bond motifs is 1. The van der Waals surface area contributed by atoms with Crippen LogP contribution in [0.2, 0.25) is 0 Å². The zero-order valence-corrected chi connectivity index (χ0v) is 18.3. The van der Waals surface area contributed by atoms with Crippen molar-refractivity contribution in [3.63, 3.8) is 0 Å². The summed E-state index contributed by atoms with van der Waals surface area (Å²) in [4.78, 5) is 13.2. The number of aryl methyl sites for hydroxylation is 1. The smallest absolute Gasteiger partial charge is 0.253 e. The lowest BCUT2D eigenvalue weighted by atomic mass is 9.91. The number of hydrogen-bond donors (Lipinski definition) is 1. The number of aromatic nitrogens is 2. The Kier molecular flexibility index (Phi) is 5.56. The van der Waals surface area contributed by atoms with Crippen LogP contribution in [-0.2, 0) is 4.74 Å². The van der Waals surface area contributed by atoms with Gasteiger partial charge in [0.1, 0.15) is 11.6 Å². The van der Waals surface area contributed by atoms with Gasteiger partial charge < -0.3 is 10.1 Å². The molecule has 1 amide bonds. The first-order chi connectivity index (χ1) is 14.7. The summed E-state index contributed by atoms with van der Waals surface area (Å²) in [6.45, 7) is 8.93. The Morgan fingerprint density at radius 2 is 1.77 bits per heavy atom. The van der Waals surface area contributed by atoms with Crippen LogP contribution in [0.4, 0.5) is 8.78 Å². The number of hydrogen-bond acceptors (Lipinski definition) is 3. The maximum Gasteiger partial charge on any atom is 0.253 e. The maximum atomic E-state index is 14.5. The molecule has 164 valence electrons. The maximum absolute atomic E-state index is 14.5. The number of nitrogens with one attached hydrogen (secondary N) is 1. The van der Waals surface area contributed by atoms with Gasteiger partial charge in [0, 0.05) is 24.3 Å². The van der Waals surface area contributed by atoms with Crippen molar-refractivity contribution in [3.8, 4) is 11.1 Å². The molecule has 1 aliphatic rings. The second kappa shape index (κ2) is 8.04. The molecule has 1 aliphatic heterocycles.